The van der Waals surface area contributed by atoms with Gasteiger partial charge in [-0.15, -0.1) is 0 Å². The number of ether oxygens (including phenoxy) is 1. The van der Waals surface area contributed by atoms with E-state index in [0.717, 1.165) is 0 Å². The summed E-state index contributed by atoms with van der Waals surface area (Å²) in [5.74, 6) is -0.965. The molecule has 2 N–H and O–H groups in total. The summed E-state index contributed by atoms with van der Waals surface area (Å²) in [6.45, 7) is 0.663. The maximum atomic E-state index is 10.0. The maximum Gasteiger partial charge on any atom is 0.305 e. The van der Waals surface area contributed by atoms with Gasteiger partial charge in [0.25, 0.3) is 0 Å². The van der Waals surface area contributed by atoms with Crippen molar-refractivity contribution in [1.82, 2.24) is 0 Å². The first kappa shape index (κ1) is 7.50. The molecule has 0 saturated carbocycles. The lowest BCUT2D eigenvalue weighted by Crippen LogP contribution is -2.14. The van der Waals surface area contributed by atoms with Crippen molar-refractivity contribution in [2.75, 3.05) is 6.61 Å². The Kier molecular flexibility index (Phi) is 2.24. The highest BCUT2D eigenvalue weighted by atomic mass is 16.6. The third-order valence-corrected chi connectivity index (χ3v) is 1.35. The molecule has 1 aliphatic heterocycles. The summed E-state index contributed by atoms with van der Waals surface area (Å²) in [5, 5.41) is 17.2. The lowest BCUT2D eigenvalue weighted by Gasteiger charge is -2.03. The van der Waals surface area contributed by atoms with E-state index in [0.29, 0.717) is 13.0 Å². The molecule has 1 rings (SSSR count). The van der Waals surface area contributed by atoms with Crippen molar-refractivity contribution in [3.05, 3.63) is 0 Å². The smallest absolute Gasteiger partial charge is 0.305 e. The Morgan fingerprint density at radius 1 is 1.80 bits per heavy atom. The van der Waals surface area contributed by atoms with Crippen LogP contribution in [-0.4, -0.2) is 35.0 Å². The van der Waals surface area contributed by atoms with E-state index >= 15 is 0 Å². The van der Waals surface area contributed by atoms with Crippen molar-refractivity contribution in [3.8, 4) is 0 Å². The molecule has 0 aromatic heterocycles. The average Bonchev–Trinajstić information content (AvgIpc) is 2.46. The van der Waals surface area contributed by atoms with Gasteiger partial charge in [0, 0.05) is 6.42 Å². The molecule has 0 bridgehead atoms. The lowest BCUT2D eigenvalue weighted by molar-refractivity contribution is -0.139. The Balaban J connectivity index is 2.07. The molecule has 0 amide bonds. The van der Waals surface area contributed by atoms with E-state index < -0.39 is 12.1 Å². The topological polar surface area (TPSA) is 70.1 Å². The lowest BCUT2D eigenvalue weighted by atomic mass is 10.1. The third-order valence-electron chi connectivity index (χ3n) is 1.35. The zero-order valence-corrected chi connectivity index (χ0v) is 5.49. The van der Waals surface area contributed by atoms with Gasteiger partial charge in [0.2, 0.25) is 0 Å². The van der Waals surface area contributed by atoms with Crippen LogP contribution in [-0.2, 0) is 9.53 Å². The second-order valence-electron chi connectivity index (χ2n) is 2.44. The number of epoxide rings is 1. The molecule has 0 radical (unpaired) electrons. The molecule has 0 aliphatic carbocycles. The monoisotopic (exact) mass is 146 g/mol. The minimum Gasteiger partial charge on any atom is -0.481 e. The van der Waals surface area contributed by atoms with Crippen LogP contribution in [0.5, 0.6) is 0 Å². The molecule has 4 nitrogen and oxygen atoms in total. The highest BCUT2D eigenvalue weighted by molar-refractivity contribution is 5.67. The van der Waals surface area contributed by atoms with Gasteiger partial charge in [-0.2, -0.15) is 0 Å². The summed E-state index contributed by atoms with van der Waals surface area (Å²) >= 11 is 0. The van der Waals surface area contributed by atoms with Crippen LogP contribution in [0.4, 0.5) is 0 Å². The maximum absolute atomic E-state index is 10.0. The van der Waals surface area contributed by atoms with E-state index in [1.807, 2.05) is 0 Å². The summed E-state index contributed by atoms with van der Waals surface area (Å²) in [7, 11) is 0. The van der Waals surface area contributed by atoms with Crippen LogP contribution in [0.25, 0.3) is 0 Å². The first-order valence-electron chi connectivity index (χ1n) is 3.20. The number of hydrogen-bond acceptors (Lipinski definition) is 3. The van der Waals surface area contributed by atoms with Gasteiger partial charge >= 0.3 is 5.97 Å². The molecule has 1 saturated heterocycles. The first-order valence-corrected chi connectivity index (χ1v) is 3.20. The average molecular weight is 146 g/mol. The van der Waals surface area contributed by atoms with Crippen LogP contribution >= 0.6 is 0 Å². The van der Waals surface area contributed by atoms with Gasteiger partial charge in [0.05, 0.1) is 25.2 Å². The van der Waals surface area contributed by atoms with Gasteiger partial charge in [-0.25, -0.2) is 0 Å². The van der Waals surface area contributed by atoms with E-state index in [4.69, 9.17) is 14.9 Å². The highest BCUT2D eigenvalue weighted by Gasteiger charge is 2.26. The molecule has 0 spiro atoms. The molecule has 1 aliphatic rings. The standard InChI is InChI=1S/C6H10O4/c7-4(2-6(8)9)1-5-3-10-5/h4-5,7H,1-3H2,(H,8,9)/t4-,5+/m1/s1. The summed E-state index contributed by atoms with van der Waals surface area (Å²) < 4.78 is 4.81. The molecule has 1 heterocycles. The minimum absolute atomic E-state index is 0.106. The minimum atomic E-state index is -0.965. The fourth-order valence-electron chi connectivity index (χ4n) is 0.792. The van der Waals surface area contributed by atoms with Crippen molar-refractivity contribution in [1.29, 1.82) is 0 Å². The molecular weight excluding hydrogens is 136 g/mol. The summed E-state index contributed by atoms with van der Waals surface area (Å²) in [6.07, 6.45) is -0.369. The molecule has 0 aromatic carbocycles. The Morgan fingerprint density at radius 3 is 2.80 bits per heavy atom. The molecule has 0 unspecified atom stereocenters. The molecule has 4 heteroatoms. The summed E-state index contributed by atoms with van der Waals surface area (Å²) in [4.78, 5) is 10.0. The van der Waals surface area contributed by atoms with Gasteiger partial charge in [-0.3, -0.25) is 4.79 Å². The van der Waals surface area contributed by atoms with Crippen LogP contribution in [0.2, 0.25) is 0 Å². The summed E-state index contributed by atoms with van der Waals surface area (Å²) in [6, 6.07) is 0. The second kappa shape index (κ2) is 2.98. The van der Waals surface area contributed by atoms with E-state index in [1.165, 1.54) is 0 Å². The van der Waals surface area contributed by atoms with Crippen molar-refractivity contribution in [2.45, 2.75) is 25.0 Å². The predicted octanol–water partition coefficient (Wildman–Crippen LogP) is -0.389. The Hall–Kier alpha value is -0.610. The van der Waals surface area contributed by atoms with E-state index in [9.17, 15) is 4.79 Å². The fraction of sp³-hybridized carbons (Fsp3) is 0.833. The zero-order valence-electron chi connectivity index (χ0n) is 5.49. The van der Waals surface area contributed by atoms with Crippen LogP contribution in [0.1, 0.15) is 12.8 Å². The Morgan fingerprint density at radius 2 is 2.40 bits per heavy atom. The van der Waals surface area contributed by atoms with Gasteiger partial charge in [-0.1, -0.05) is 0 Å². The third kappa shape index (κ3) is 2.80. The van der Waals surface area contributed by atoms with E-state index in [1.54, 1.807) is 0 Å². The van der Waals surface area contributed by atoms with Crippen molar-refractivity contribution in [2.24, 2.45) is 0 Å². The number of rotatable bonds is 4. The van der Waals surface area contributed by atoms with Crippen molar-refractivity contribution < 1.29 is 19.7 Å². The zero-order chi connectivity index (χ0) is 7.56. The number of carboxylic acid groups (broad SMARTS) is 1. The van der Waals surface area contributed by atoms with Gasteiger partial charge in [-0.05, 0) is 0 Å². The van der Waals surface area contributed by atoms with Gasteiger partial charge in [0.15, 0.2) is 0 Å². The van der Waals surface area contributed by atoms with Crippen LogP contribution in [0.15, 0.2) is 0 Å². The van der Waals surface area contributed by atoms with Gasteiger partial charge < -0.3 is 14.9 Å². The van der Waals surface area contributed by atoms with Crippen molar-refractivity contribution >= 4 is 5.97 Å². The number of aliphatic hydroxyl groups is 1. The highest BCUT2D eigenvalue weighted by Crippen LogP contribution is 2.16. The number of hydrogen-bond donors (Lipinski definition) is 2. The molecule has 2 atom stereocenters. The second-order valence-corrected chi connectivity index (χ2v) is 2.44. The van der Waals surface area contributed by atoms with Crippen LogP contribution in [0.3, 0.4) is 0 Å². The molecule has 58 valence electrons. The quantitative estimate of drug-likeness (QED) is 0.530. The van der Waals surface area contributed by atoms with E-state index in [2.05, 4.69) is 0 Å². The predicted molar refractivity (Wildman–Crippen MR) is 32.6 cm³/mol. The summed E-state index contributed by atoms with van der Waals surface area (Å²) in [5.41, 5.74) is 0. The Labute approximate surface area is 58.4 Å². The number of carbonyl (C=O) groups is 1. The largest absolute Gasteiger partial charge is 0.481 e. The van der Waals surface area contributed by atoms with Gasteiger partial charge in [0.1, 0.15) is 0 Å². The SMILES string of the molecule is O=C(O)C[C@H](O)C[C@H]1CO1. The molecule has 1 fully saturated rings. The van der Waals surface area contributed by atoms with Crippen LogP contribution in [0, 0.1) is 0 Å². The molecular formula is C6H10O4. The normalized spacial score (nSPS) is 25.9. The number of carboxylic acids is 1. The van der Waals surface area contributed by atoms with E-state index in [-0.39, 0.29) is 12.5 Å². The van der Waals surface area contributed by atoms with Crippen molar-refractivity contribution in [3.63, 3.8) is 0 Å². The van der Waals surface area contributed by atoms with Crippen LogP contribution < -0.4 is 0 Å². The molecule has 0 aromatic rings. The molecule has 10 heavy (non-hydrogen) atoms. The Bertz CT molecular complexity index is 130. The number of aliphatic carboxylic acids is 1. The fourth-order valence-corrected chi connectivity index (χ4v) is 0.792. The first-order chi connectivity index (χ1) is 4.68. The number of aliphatic hydroxyl groups excluding tert-OH is 1.